The van der Waals surface area contributed by atoms with Crippen LogP contribution in [0, 0.1) is 5.92 Å². The summed E-state index contributed by atoms with van der Waals surface area (Å²) < 4.78 is 5.14. The van der Waals surface area contributed by atoms with Crippen molar-refractivity contribution in [2.45, 2.75) is 44.6 Å². The average Bonchev–Trinajstić information content (AvgIpc) is 2.69. The van der Waals surface area contributed by atoms with Gasteiger partial charge in [0.25, 0.3) is 0 Å². The van der Waals surface area contributed by atoms with Crippen LogP contribution >= 0.6 is 0 Å². The molecule has 0 aromatic heterocycles. The van der Waals surface area contributed by atoms with Gasteiger partial charge < -0.3 is 15.4 Å². The summed E-state index contributed by atoms with van der Waals surface area (Å²) in [5, 5.41) is 0. The molecule has 0 spiro atoms. The van der Waals surface area contributed by atoms with Gasteiger partial charge in [0.05, 0.1) is 19.2 Å². The number of rotatable bonds is 5. The first-order valence-electron chi connectivity index (χ1n) is 6.86. The maximum absolute atomic E-state index is 5.94. The Labute approximate surface area is 104 Å². The average molecular weight is 239 g/mol. The van der Waals surface area contributed by atoms with Crippen LogP contribution in [0.5, 0.6) is 0 Å². The highest BCUT2D eigenvalue weighted by Crippen LogP contribution is 2.29. The summed E-state index contributed by atoms with van der Waals surface area (Å²) in [5.41, 5.74) is 5.94. The van der Waals surface area contributed by atoms with Crippen molar-refractivity contribution < 1.29 is 4.74 Å². The van der Waals surface area contributed by atoms with Crippen molar-refractivity contribution in [3.8, 4) is 0 Å². The van der Waals surface area contributed by atoms with Gasteiger partial charge in [0.15, 0.2) is 5.96 Å². The SMILES string of the molecule is COCCN1C(N)=NCC1CC1CCCCC1. The van der Waals surface area contributed by atoms with Gasteiger partial charge in [-0.2, -0.15) is 0 Å². The molecule has 2 aliphatic rings. The monoisotopic (exact) mass is 239 g/mol. The minimum atomic E-state index is 0.522. The van der Waals surface area contributed by atoms with E-state index in [4.69, 9.17) is 10.5 Å². The minimum Gasteiger partial charge on any atom is -0.383 e. The molecule has 1 heterocycles. The Hall–Kier alpha value is -0.770. The fourth-order valence-electron chi connectivity index (χ4n) is 3.07. The Kier molecular flexibility index (Phi) is 4.66. The third-order valence-corrected chi connectivity index (χ3v) is 4.07. The first-order valence-corrected chi connectivity index (χ1v) is 6.86. The van der Waals surface area contributed by atoms with Gasteiger partial charge in [0.2, 0.25) is 0 Å². The van der Waals surface area contributed by atoms with Crippen LogP contribution in [-0.2, 0) is 4.74 Å². The van der Waals surface area contributed by atoms with Crippen molar-refractivity contribution in [3.63, 3.8) is 0 Å². The van der Waals surface area contributed by atoms with Crippen LogP contribution < -0.4 is 5.73 Å². The van der Waals surface area contributed by atoms with Crippen molar-refractivity contribution in [2.75, 3.05) is 26.8 Å². The summed E-state index contributed by atoms with van der Waals surface area (Å²) in [6, 6.07) is 0.522. The zero-order chi connectivity index (χ0) is 12.1. The van der Waals surface area contributed by atoms with E-state index < -0.39 is 0 Å². The molecule has 1 unspecified atom stereocenters. The molecule has 1 fully saturated rings. The second kappa shape index (κ2) is 6.24. The normalized spacial score (nSPS) is 26.3. The molecule has 0 amide bonds. The molecular formula is C13H25N3O. The number of methoxy groups -OCH3 is 1. The fraction of sp³-hybridized carbons (Fsp3) is 0.923. The van der Waals surface area contributed by atoms with E-state index in [1.165, 1.54) is 38.5 Å². The third kappa shape index (κ3) is 3.35. The van der Waals surface area contributed by atoms with Gasteiger partial charge >= 0.3 is 0 Å². The van der Waals surface area contributed by atoms with Crippen LogP contribution in [-0.4, -0.2) is 43.7 Å². The van der Waals surface area contributed by atoms with Crippen LogP contribution in [0.3, 0.4) is 0 Å². The number of hydrogen-bond donors (Lipinski definition) is 1. The highest BCUT2D eigenvalue weighted by molar-refractivity contribution is 5.80. The van der Waals surface area contributed by atoms with E-state index in [1.54, 1.807) is 7.11 Å². The lowest BCUT2D eigenvalue weighted by atomic mass is 9.84. The van der Waals surface area contributed by atoms with Crippen LogP contribution in [0.25, 0.3) is 0 Å². The molecule has 0 aromatic rings. The van der Waals surface area contributed by atoms with Crippen LogP contribution in [0.15, 0.2) is 4.99 Å². The predicted octanol–water partition coefficient (Wildman–Crippen LogP) is 1.60. The molecule has 17 heavy (non-hydrogen) atoms. The molecule has 1 atom stereocenters. The summed E-state index contributed by atoms with van der Waals surface area (Å²) in [5.74, 6) is 1.60. The Morgan fingerprint density at radius 1 is 1.35 bits per heavy atom. The number of guanidine groups is 1. The second-order valence-electron chi connectivity index (χ2n) is 5.28. The van der Waals surface area contributed by atoms with Gasteiger partial charge in [0.1, 0.15) is 0 Å². The van der Waals surface area contributed by atoms with E-state index in [0.29, 0.717) is 12.0 Å². The topological polar surface area (TPSA) is 50.9 Å². The summed E-state index contributed by atoms with van der Waals surface area (Å²) in [7, 11) is 1.74. The minimum absolute atomic E-state index is 0.522. The Balaban J connectivity index is 1.82. The number of aliphatic imine (C=N–C) groups is 1. The van der Waals surface area contributed by atoms with Crippen molar-refractivity contribution in [2.24, 2.45) is 16.6 Å². The number of nitrogens with two attached hydrogens (primary N) is 1. The molecule has 4 nitrogen and oxygen atoms in total. The van der Waals surface area contributed by atoms with Crippen LogP contribution in [0.1, 0.15) is 38.5 Å². The molecule has 1 aliphatic carbocycles. The lowest BCUT2D eigenvalue weighted by Gasteiger charge is -2.30. The lowest BCUT2D eigenvalue weighted by molar-refractivity contribution is 0.156. The molecule has 0 aromatic carbocycles. The van der Waals surface area contributed by atoms with Crippen LogP contribution in [0.4, 0.5) is 0 Å². The molecule has 0 saturated heterocycles. The van der Waals surface area contributed by atoms with Gasteiger partial charge in [-0.1, -0.05) is 32.1 Å². The van der Waals surface area contributed by atoms with E-state index in [-0.39, 0.29) is 0 Å². The van der Waals surface area contributed by atoms with Gasteiger partial charge in [-0.05, 0) is 12.3 Å². The molecule has 1 saturated carbocycles. The van der Waals surface area contributed by atoms with E-state index in [2.05, 4.69) is 9.89 Å². The first kappa shape index (κ1) is 12.7. The van der Waals surface area contributed by atoms with Crippen molar-refractivity contribution in [1.82, 2.24) is 4.90 Å². The molecule has 98 valence electrons. The van der Waals surface area contributed by atoms with Gasteiger partial charge in [0, 0.05) is 13.7 Å². The quantitative estimate of drug-likeness (QED) is 0.793. The molecule has 0 bridgehead atoms. The second-order valence-corrected chi connectivity index (χ2v) is 5.28. The lowest BCUT2D eigenvalue weighted by Crippen LogP contribution is -2.43. The van der Waals surface area contributed by atoms with E-state index >= 15 is 0 Å². The number of hydrogen-bond acceptors (Lipinski definition) is 4. The van der Waals surface area contributed by atoms with Gasteiger partial charge in [-0.3, -0.25) is 4.99 Å². The van der Waals surface area contributed by atoms with Gasteiger partial charge in [-0.25, -0.2) is 0 Å². The van der Waals surface area contributed by atoms with Crippen molar-refractivity contribution in [3.05, 3.63) is 0 Å². The maximum Gasteiger partial charge on any atom is 0.191 e. The highest BCUT2D eigenvalue weighted by atomic mass is 16.5. The molecule has 2 N–H and O–H groups in total. The van der Waals surface area contributed by atoms with Crippen molar-refractivity contribution in [1.29, 1.82) is 0 Å². The highest BCUT2D eigenvalue weighted by Gasteiger charge is 2.28. The van der Waals surface area contributed by atoms with Crippen molar-refractivity contribution >= 4 is 5.96 Å². The first-order chi connectivity index (χ1) is 8.31. The van der Waals surface area contributed by atoms with Gasteiger partial charge in [-0.15, -0.1) is 0 Å². The Bertz CT molecular complexity index is 261. The smallest absolute Gasteiger partial charge is 0.191 e. The maximum atomic E-state index is 5.94. The Morgan fingerprint density at radius 2 is 2.12 bits per heavy atom. The molecule has 2 rings (SSSR count). The summed E-state index contributed by atoms with van der Waals surface area (Å²) in [6.07, 6.45) is 8.29. The molecule has 4 heteroatoms. The zero-order valence-electron chi connectivity index (χ0n) is 10.9. The standard InChI is InChI=1S/C13H25N3O/c1-17-8-7-16-12(10-15-13(16)14)9-11-5-3-2-4-6-11/h11-12H,2-10H2,1H3,(H2,14,15). The molecule has 0 radical (unpaired) electrons. The largest absolute Gasteiger partial charge is 0.383 e. The number of ether oxygens (including phenoxy) is 1. The molecule has 1 aliphatic heterocycles. The summed E-state index contributed by atoms with van der Waals surface area (Å²) in [4.78, 5) is 6.62. The summed E-state index contributed by atoms with van der Waals surface area (Å²) >= 11 is 0. The Morgan fingerprint density at radius 3 is 2.82 bits per heavy atom. The number of nitrogens with zero attached hydrogens (tertiary/aromatic N) is 2. The molecular weight excluding hydrogens is 214 g/mol. The third-order valence-electron chi connectivity index (χ3n) is 4.07. The van der Waals surface area contributed by atoms with E-state index in [9.17, 15) is 0 Å². The zero-order valence-corrected chi connectivity index (χ0v) is 10.9. The fourth-order valence-corrected chi connectivity index (χ4v) is 3.07. The van der Waals surface area contributed by atoms with Crippen LogP contribution in [0.2, 0.25) is 0 Å². The summed E-state index contributed by atoms with van der Waals surface area (Å²) in [6.45, 7) is 2.49. The predicted molar refractivity (Wildman–Crippen MR) is 70.1 cm³/mol. The van der Waals surface area contributed by atoms with E-state index in [1.807, 2.05) is 0 Å². The van der Waals surface area contributed by atoms with E-state index in [0.717, 1.165) is 25.6 Å².